The average molecular weight is 241 g/mol. The molecule has 0 unspecified atom stereocenters. The van der Waals surface area contributed by atoms with Crippen LogP contribution in [0.5, 0.6) is 0 Å². The summed E-state index contributed by atoms with van der Waals surface area (Å²) in [7, 11) is 1.72. The molecule has 2 aromatic rings. The zero-order chi connectivity index (χ0) is 12.8. The van der Waals surface area contributed by atoms with Crippen LogP contribution in [-0.2, 0) is 6.54 Å². The van der Waals surface area contributed by atoms with E-state index in [1.165, 1.54) is 4.90 Å². The van der Waals surface area contributed by atoms with Gasteiger partial charge in [-0.3, -0.25) is 9.88 Å². The minimum absolute atomic E-state index is 0.146. The van der Waals surface area contributed by atoms with Crippen LogP contribution >= 0.6 is 0 Å². The lowest BCUT2D eigenvalue weighted by atomic mass is 10.2. The Bertz CT molecular complexity index is 499. The number of benzene rings is 1. The van der Waals surface area contributed by atoms with Crippen LogP contribution in [0, 0.1) is 0 Å². The third-order valence-corrected chi connectivity index (χ3v) is 2.62. The van der Waals surface area contributed by atoms with Crippen molar-refractivity contribution in [3.63, 3.8) is 0 Å². The molecular formula is C14H15N3O. The van der Waals surface area contributed by atoms with Crippen LogP contribution in [0.1, 0.15) is 5.56 Å². The van der Waals surface area contributed by atoms with E-state index >= 15 is 0 Å². The van der Waals surface area contributed by atoms with E-state index in [0.717, 1.165) is 11.3 Å². The van der Waals surface area contributed by atoms with Gasteiger partial charge in [-0.1, -0.05) is 30.3 Å². The first-order chi connectivity index (χ1) is 8.77. The highest BCUT2D eigenvalue weighted by Gasteiger charge is 2.09. The summed E-state index contributed by atoms with van der Waals surface area (Å²) in [5.74, 6) is 0. The van der Waals surface area contributed by atoms with Gasteiger partial charge in [0.15, 0.2) is 0 Å². The Morgan fingerprint density at radius 2 is 2.00 bits per heavy atom. The molecule has 0 aliphatic carbocycles. The number of nitrogens with one attached hydrogen (secondary N) is 1. The van der Waals surface area contributed by atoms with Crippen LogP contribution in [0.3, 0.4) is 0 Å². The van der Waals surface area contributed by atoms with Crippen molar-refractivity contribution in [2.75, 3.05) is 11.9 Å². The molecule has 0 saturated heterocycles. The summed E-state index contributed by atoms with van der Waals surface area (Å²) in [6.07, 6.45) is 3.33. The lowest BCUT2D eigenvalue weighted by molar-refractivity contribution is 0.247. The van der Waals surface area contributed by atoms with Crippen LogP contribution in [0.4, 0.5) is 10.5 Å². The van der Waals surface area contributed by atoms with Gasteiger partial charge in [0, 0.05) is 19.8 Å². The summed E-state index contributed by atoms with van der Waals surface area (Å²) in [5, 5.41) is 2.86. The van der Waals surface area contributed by atoms with Crippen molar-refractivity contribution >= 4 is 11.7 Å². The molecular weight excluding hydrogens is 226 g/mol. The second-order valence-corrected chi connectivity index (χ2v) is 3.91. The van der Waals surface area contributed by atoms with Crippen molar-refractivity contribution in [3.8, 4) is 0 Å². The lowest BCUT2D eigenvalue weighted by Gasteiger charge is -2.17. The third-order valence-electron chi connectivity index (χ3n) is 2.62. The molecule has 0 bridgehead atoms. The molecule has 0 aliphatic heterocycles. The number of aromatic nitrogens is 1. The second kappa shape index (κ2) is 5.82. The van der Waals surface area contributed by atoms with Gasteiger partial charge >= 0.3 is 6.03 Å². The van der Waals surface area contributed by atoms with Crippen molar-refractivity contribution in [1.29, 1.82) is 0 Å². The third kappa shape index (κ3) is 3.07. The summed E-state index contributed by atoms with van der Waals surface area (Å²) in [5.41, 5.74) is 1.84. The van der Waals surface area contributed by atoms with Crippen molar-refractivity contribution in [2.24, 2.45) is 0 Å². The topological polar surface area (TPSA) is 45.2 Å². The SMILES string of the molecule is CN(C(=O)NCc1ccccc1)c1cccnc1. The maximum Gasteiger partial charge on any atom is 0.321 e. The van der Waals surface area contributed by atoms with Crippen molar-refractivity contribution in [2.45, 2.75) is 6.54 Å². The molecule has 0 fully saturated rings. The number of carbonyl (C=O) groups is 1. The number of hydrogen-bond acceptors (Lipinski definition) is 2. The van der Waals surface area contributed by atoms with Gasteiger partial charge in [0.1, 0.15) is 0 Å². The van der Waals surface area contributed by atoms with Gasteiger partial charge in [0.25, 0.3) is 0 Å². The molecule has 0 saturated carbocycles. The fourth-order valence-electron chi connectivity index (χ4n) is 1.56. The van der Waals surface area contributed by atoms with Gasteiger partial charge in [-0.2, -0.15) is 0 Å². The van der Waals surface area contributed by atoms with Crippen molar-refractivity contribution in [1.82, 2.24) is 10.3 Å². The first kappa shape index (κ1) is 12.1. The standard InChI is InChI=1S/C14H15N3O/c1-17(13-8-5-9-15-11-13)14(18)16-10-12-6-3-2-4-7-12/h2-9,11H,10H2,1H3,(H,16,18). The van der Waals surface area contributed by atoms with E-state index in [9.17, 15) is 4.79 Å². The summed E-state index contributed by atoms with van der Waals surface area (Å²) < 4.78 is 0. The quantitative estimate of drug-likeness (QED) is 0.897. The van der Waals surface area contributed by atoms with Gasteiger partial charge in [0.2, 0.25) is 0 Å². The smallest absolute Gasteiger partial charge is 0.321 e. The molecule has 0 aliphatic rings. The maximum atomic E-state index is 11.9. The molecule has 0 atom stereocenters. The summed E-state index contributed by atoms with van der Waals surface area (Å²) in [6.45, 7) is 0.518. The molecule has 0 spiro atoms. The van der Waals surface area contributed by atoms with Crippen LogP contribution in [0.2, 0.25) is 0 Å². The van der Waals surface area contributed by atoms with Crippen LogP contribution < -0.4 is 10.2 Å². The Labute approximate surface area is 106 Å². The highest BCUT2D eigenvalue weighted by atomic mass is 16.2. The monoisotopic (exact) mass is 241 g/mol. The molecule has 4 heteroatoms. The molecule has 1 N–H and O–H groups in total. The fraction of sp³-hybridized carbons (Fsp3) is 0.143. The van der Waals surface area contributed by atoms with Gasteiger partial charge in [-0.25, -0.2) is 4.79 Å². The summed E-state index contributed by atoms with van der Waals surface area (Å²) in [4.78, 5) is 17.4. The largest absolute Gasteiger partial charge is 0.334 e. The maximum absolute atomic E-state index is 11.9. The van der Waals surface area contributed by atoms with Crippen molar-refractivity contribution < 1.29 is 4.79 Å². The number of pyridine rings is 1. The molecule has 1 heterocycles. The van der Waals surface area contributed by atoms with Crippen molar-refractivity contribution in [3.05, 3.63) is 60.4 Å². The Kier molecular flexibility index (Phi) is 3.91. The number of anilines is 1. The number of hydrogen-bond donors (Lipinski definition) is 1. The first-order valence-corrected chi connectivity index (χ1v) is 5.73. The number of amides is 2. The molecule has 0 radical (unpaired) electrons. The minimum Gasteiger partial charge on any atom is -0.334 e. The second-order valence-electron chi connectivity index (χ2n) is 3.91. The Morgan fingerprint density at radius 1 is 1.22 bits per heavy atom. The average Bonchev–Trinajstić information content (AvgIpc) is 2.46. The summed E-state index contributed by atoms with van der Waals surface area (Å²) in [6, 6.07) is 13.3. The van der Waals surface area contributed by atoms with Crippen LogP contribution in [-0.4, -0.2) is 18.1 Å². The molecule has 92 valence electrons. The molecule has 18 heavy (non-hydrogen) atoms. The van der Waals surface area contributed by atoms with Gasteiger partial charge in [0.05, 0.1) is 11.9 Å². The number of carbonyl (C=O) groups excluding carboxylic acids is 1. The number of urea groups is 1. The Balaban J connectivity index is 1.93. The molecule has 2 amide bonds. The van der Waals surface area contributed by atoms with E-state index in [0.29, 0.717) is 6.54 Å². The van der Waals surface area contributed by atoms with Gasteiger partial charge in [-0.15, -0.1) is 0 Å². The van der Waals surface area contributed by atoms with E-state index in [2.05, 4.69) is 10.3 Å². The molecule has 4 nitrogen and oxygen atoms in total. The molecule has 1 aromatic carbocycles. The van der Waals surface area contributed by atoms with E-state index in [-0.39, 0.29) is 6.03 Å². The first-order valence-electron chi connectivity index (χ1n) is 5.73. The number of rotatable bonds is 3. The zero-order valence-corrected chi connectivity index (χ0v) is 10.2. The highest BCUT2D eigenvalue weighted by Crippen LogP contribution is 2.09. The molecule has 1 aromatic heterocycles. The van der Waals surface area contributed by atoms with Gasteiger partial charge < -0.3 is 5.32 Å². The van der Waals surface area contributed by atoms with Gasteiger partial charge in [-0.05, 0) is 17.7 Å². The van der Waals surface area contributed by atoms with E-state index in [1.807, 2.05) is 36.4 Å². The fourth-order valence-corrected chi connectivity index (χ4v) is 1.56. The minimum atomic E-state index is -0.146. The normalized spacial score (nSPS) is 9.83. The van der Waals surface area contributed by atoms with Crippen LogP contribution in [0.15, 0.2) is 54.9 Å². The van der Waals surface area contributed by atoms with E-state index in [1.54, 1.807) is 25.5 Å². The van der Waals surface area contributed by atoms with Crippen LogP contribution in [0.25, 0.3) is 0 Å². The van der Waals surface area contributed by atoms with E-state index < -0.39 is 0 Å². The Morgan fingerprint density at radius 3 is 2.67 bits per heavy atom. The zero-order valence-electron chi connectivity index (χ0n) is 10.2. The number of nitrogens with zero attached hydrogens (tertiary/aromatic N) is 2. The highest BCUT2D eigenvalue weighted by molar-refractivity contribution is 5.91. The van der Waals surface area contributed by atoms with E-state index in [4.69, 9.17) is 0 Å². The summed E-state index contributed by atoms with van der Waals surface area (Å²) >= 11 is 0. The predicted octanol–water partition coefficient (Wildman–Crippen LogP) is 2.43. The predicted molar refractivity (Wildman–Crippen MR) is 71.3 cm³/mol. The Hall–Kier alpha value is -2.36. The molecule has 2 rings (SSSR count). The lowest BCUT2D eigenvalue weighted by Crippen LogP contribution is -2.36.